The maximum Gasteiger partial charge on any atom is 0.258 e. The van der Waals surface area contributed by atoms with E-state index in [1.807, 2.05) is 26.0 Å². The van der Waals surface area contributed by atoms with Crippen LogP contribution >= 0.6 is 0 Å². The number of ether oxygens (including phenoxy) is 1. The molecular formula is C19H26N2O3. The van der Waals surface area contributed by atoms with Crippen LogP contribution in [-0.4, -0.2) is 31.0 Å². The lowest BCUT2D eigenvalue weighted by Crippen LogP contribution is -2.40. The molecule has 1 aromatic rings. The molecule has 3 rings (SSSR count). The van der Waals surface area contributed by atoms with Crippen LogP contribution in [0.1, 0.15) is 48.5 Å². The van der Waals surface area contributed by atoms with Crippen LogP contribution in [0.15, 0.2) is 18.2 Å². The standard InChI is InChI=1S/C19H26N2O3/c1-3-20-19(23)15-6-4-5-12(2)18(15)24-11-16(22)21-17(13-7-8-13)14-9-10-14/h4-6,13-14,17H,3,7-11H2,1-2H3,(H,20,23)(H,21,22). The molecule has 2 amide bonds. The smallest absolute Gasteiger partial charge is 0.258 e. The predicted octanol–water partition coefficient (Wildman–Crippen LogP) is 2.43. The summed E-state index contributed by atoms with van der Waals surface area (Å²) in [5, 5.41) is 5.92. The normalized spacial score (nSPS) is 16.8. The molecule has 0 heterocycles. The highest BCUT2D eigenvalue weighted by molar-refractivity contribution is 5.97. The molecule has 5 nitrogen and oxygen atoms in total. The van der Waals surface area contributed by atoms with Gasteiger partial charge in [0.15, 0.2) is 6.61 Å². The van der Waals surface area contributed by atoms with E-state index in [-0.39, 0.29) is 18.4 Å². The van der Waals surface area contributed by atoms with Gasteiger partial charge in [0.2, 0.25) is 0 Å². The lowest BCUT2D eigenvalue weighted by molar-refractivity contribution is -0.124. The number of hydrogen-bond acceptors (Lipinski definition) is 3. The largest absolute Gasteiger partial charge is 0.483 e. The Morgan fingerprint density at radius 1 is 1.21 bits per heavy atom. The summed E-state index contributed by atoms with van der Waals surface area (Å²) in [5.74, 6) is 1.54. The lowest BCUT2D eigenvalue weighted by atomic mass is 10.1. The number of rotatable bonds is 8. The molecule has 2 aliphatic rings. The second-order valence-corrected chi connectivity index (χ2v) is 6.87. The Hall–Kier alpha value is -2.04. The van der Waals surface area contributed by atoms with E-state index in [0.717, 1.165) is 5.56 Å². The number of carbonyl (C=O) groups excluding carboxylic acids is 2. The highest BCUT2D eigenvalue weighted by atomic mass is 16.5. The zero-order valence-corrected chi connectivity index (χ0v) is 14.4. The Morgan fingerprint density at radius 2 is 1.88 bits per heavy atom. The van der Waals surface area contributed by atoms with Crippen molar-refractivity contribution >= 4 is 11.8 Å². The van der Waals surface area contributed by atoms with Gasteiger partial charge in [0.25, 0.3) is 11.8 Å². The maximum atomic E-state index is 12.3. The van der Waals surface area contributed by atoms with E-state index in [1.165, 1.54) is 25.7 Å². The van der Waals surface area contributed by atoms with Gasteiger partial charge in [0.1, 0.15) is 5.75 Å². The Kier molecular flexibility index (Phi) is 5.07. The minimum absolute atomic E-state index is 0.0484. The first-order valence-corrected chi connectivity index (χ1v) is 8.90. The molecule has 0 aromatic heterocycles. The zero-order valence-electron chi connectivity index (χ0n) is 14.4. The third kappa shape index (κ3) is 4.08. The number of aryl methyl sites for hydroxylation is 1. The van der Waals surface area contributed by atoms with E-state index >= 15 is 0 Å². The molecule has 2 fully saturated rings. The summed E-state index contributed by atoms with van der Waals surface area (Å²) in [6, 6.07) is 5.75. The van der Waals surface area contributed by atoms with Crippen LogP contribution in [0, 0.1) is 18.8 Å². The fourth-order valence-electron chi connectivity index (χ4n) is 3.18. The Morgan fingerprint density at radius 3 is 2.46 bits per heavy atom. The number of carbonyl (C=O) groups is 2. The third-order valence-corrected chi connectivity index (χ3v) is 4.73. The fraction of sp³-hybridized carbons (Fsp3) is 0.579. The number of benzene rings is 1. The molecule has 0 radical (unpaired) electrons. The first-order chi connectivity index (χ1) is 11.6. The molecule has 0 spiro atoms. The molecule has 0 aliphatic heterocycles. The predicted molar refractivity (Wildman–Crippen MR) is 92.1 cm³/mol. The molecule has 24 heavy (non-hydrogen) atoms. The highest BCUT2D eigenvalue weighted by Crippen LogP contribution is 2.44. The van der Waals surface area contributed by atoms with Crippen molar-refractivity contribution in [1.29, 1.82) is 0 Å². The van der Waals surface area contributed by atoms with Crippen molar-refractivity contribution in [3.63, 3.8) is 0 Å². The first kappa shape index (κ1) is 16.8. The van der Waals surface area contributed by atoms with Crippen LogP contribution < -0.4 is 15.4 Å². The van der Waals surface area contributed by atoms with E-state index in [1.54, 1.807) is 6.07 Å². The van der Waals surface area contributed by atoms with Crippen molar-refractivity contribution in [3.8, 4) is 5.75 Å². The van der Waals surface area contributed by atoms with E-state index in [4.69, 9.17) is 4.74 Å². The van der Waals surface area contributed by atoms with Gasteiger partial charge >= 0.3 is 0 Å². The third-order valence-electron chi connectivity index (χ3n) is 4.73. The highest BCUT2D eigenvalue weighted by Gasteiger charge is 2.42. The Balaban J connectivity index is 1.61. The summed E-state index contributed by atoms with van der Waals surface area (Å²) in [5.41, 5.74) is 1.33. The quantitative estimate of drug-likeness (QED) is 0.769. The number of nitrogens with one attached hydrogen (secondary N) is 2. The molecule has 5 heteroatoms. The molecule has 0 bridgehead atoms. The minimum atomic E-state index is -0.176. The van der Waals surface area contributed by atoms with Crippen molar-refractivity contribution in [2.45, 2.75) is 45.6 Å². The van der Waals surface area contributed by atoms with Gasteiger partial charge in [-0.25, -0.2) is 0 Å². The summed E-state index contributed by atoms with van der Waals surface area (Å²) >= 11 is 0. The van der Waals surface area contributed by atoms with E-state index in [9.17, 15) is 9.59 Å². The van der Waals surface area contributed by atoms with E-state index < -0.39 is 0 Å². The fourth-order valence-corrected chi connectivity index (χ4v) is 3.18. The Labute approximate surface area is 143 Å². The summed E-state index contributed by atoms with van der Waals surface area (Å²) in [4.78, 5) is 24.4. The lowest BCUT2D eigenvalue weighted by Gasteiger charge is -2.19. The number of para-hydroxylation sites is 1. The Bertz CT molecular complexity index is 609. The molecule has 1 aromatic carbocycles. The zero-order chi connectivity index (χ0) is 17.1. The van der Waals surface area contributed by atoms with Crippen molar-refractivity contribution in [1.82, 2.24) is 10.6 Å². The van der Waals surface area contributed by atoms with Crippen molar-refractivity contribution in [2.24, 2.45) is 11.8 Å². The second-order valence-electron chi connectivity index (χ2n) is 6.87. The molecule has 0 atom stereocenters. The van der Waals surface area contributed by atoms with Crippen molar-refractivity contribution < 1.29 is 14.3 Å². The van der Waals surface area contributed by atoms with Crippen LogP contribution in [0.5, 0.6) is 5.75 Å². The van der Waals surface area contributed by atoms with Gasteiger partial charge in [-0.15, -0.1) is 0 Å². The summed E-state index contributed by atoms with van der Waals surface area (Å²) in [6.45, 7) is 4.26. The van der Waals surface area contributed by atoms with Gasteiger partial charge < -0.3 is 15.4 Å². The van der Waals surface area contributed by atoms with Crippen LogP contribution in [0.4, 0.5) is 0 Å². The molecule has 0 unspecified atom stereocenters. The molecule has 2 N–H and O–H groups in total. The van der Waals surface area contributed by atoms with Crippen LogP contribution in [0.25, 0.3) is 0 Å². The van der Waals surface area contributed by atoms with Crippen molar-refractivity contribution in [2.75, 3.05) is 13.2 Å². The van der Waals surface area contributed by atoms with Gasteiger partial charge in [-0.3, -0.25) is 9.59 Å². The first-order valence-electron chi connectivity index (χ1n) is 8.90. The average Bonchev–Trinajstić information content (AvgIpc) is 3.45. The van der Waals surface area contributed by atoms with Crippen molar-refractivity contribution in [3.05, 3.63) is 29.3 Å². The monoisotopic (exact) mass is 330 g/mol. The molecule has 130 valence electrons. The second kappa shape index (κ2) is 7.24. The number of amides is 2. The maximum absolute atomic E-state index is 12.3. The topological polar surface area (TPSA) is 67.4 Å². The molecule has 2 aliphatic carbocycles. The minimum Gasteiger partial charge on any atom is -0.483 e. The molecule has 2 saturated carbocycles. The van der Waals surface area contributed by atoms with Gasteiger partial charge in [-0.2, -0.15) is 0 Å². The summed E-state index contributed by atoms with van der Waals surface area (Å²) in [7, 11) is 0. The van der Waals surface area contributed by atoms with Gasteiger partial charge in [0, 0.05) is 12.6 Å². The number of hydrogen-bond donors (Lipinski definition) is 2. The van der Waals surface area contributed by atoms with Crippen LogP contribution in [0.2, 0.25) is 0 Å². The summed E-state index contributed by atoms with van der Waals surface area (Å²) < 4.78 is 5.73. The van der Waals surface area contributed by atoms with Crippen LogP contribution in [-0.2, 0) is 4.79 Å². The van der Waals surface area contributed by atoms with Crippen LogP contribution in [0.3, 0.4) is 0 Å². The summed E-state index contributed by atoms with van der Waals surface area (Å²) in [6.07, 6.45) is 4.89. The van der Waals surface area contributed by atoms with Gasteiger partial charge in [-0.05, 0) is 63.0 Å². The molecular weight excluding hydrogens is 304 g/mol. The SMILES string of the molecule is CCNC(=O)c1cccc(C)c1OCC(=O)NC(C1CC1)C1CC1. The van der Waals surface area contributed by atoms with Gasteiger partial charge in [-0.1, -0.05) is 12.1 Å². The average molecular weight is 330 g/mol. The van der Waals surface area contributed by atoms with E-state index in [2.05, 4.69) is 10.6 Å². The molecule has 0 saturated heterocycles. The van der Waals surface area contributed by atoms with E-state index in [0.29, 0.717) is 35.7 Å². The van der Waals surface area contributed by atoms with Gasteiger partial charge in [0.05, 0.1) is 5.56 Å².